The Bertz CT molecular complexity index is 1250. The van der Waals surface area contributed by atoms with E-state index in [9.17, 15) is 19.7 Å². The fourth-order valence-electron chi connectivity index (χ4n) is 4.09. The van der Waals surface area contributed by atoms with Crippen molar-refractivity contribution < 1.29 is 24.0 Å². The number of methoxy groups -OCH3 is 1. The number of hydrogen-bond donors (Lipinski definition) is 2. The summed E-state index contributed by atoms with van der Waals surface area (Å²) in [4.78, 5) is 40.5. The molecule has 0 bridgehead atoms. The quantitative estimate of drug-likeness (QED) is 0.327. The van der Waals surface area contributed by atoms with Gasteiger partial charge in [0.15, 0.2) is 11.5 Å². The van der Waals surface area contributed by atoms with E-state index in [1.165, 1.54) is 35.6 Å². The van der Waals surface area contributed by atoms with Crippen LogP contribution >= 0.6 is 11.3 Å². The third-order valence-electron chi connectivity index (χ3n) is 5.92. The minimum atomic E-state index is -0.538. The number of nitrogens with zero attached hydrogens (tertiary/aromatic N) is 2. The first-order valence-electron chi connectivity index (χ1n) is 11.5. The summed E-state index contributed by atoms with van der Waals surface area (Å²) in [6.07, 6.45) is 3.23. The summed E-state index contributed by atoms with van der Waals surface area (Å²) >= 11 is 1.32. The predicted octanol–water partition coefficient (Wildman–Crippen LogP) is 4.11. The van der Waals surface area contributed by atoms with Gasteiger partial charge in [-0.25, -0.2) is 4.98 Å². The molecule has 36 heavy (non-hydrogen) atoms. The second-order valence-corrected chi connectivity index (χ2v) is 9.26. The van der Waals surface area contributed by atoms with Crippen LogP contribution in [0, 0.1) is 10.1 Å². The molecule has 188 valence electrons. The third kappa shape index (κ3) is 6.16. The highest BCUT2D eigenvalue weighted by atomic mass is 32.1. The van der Waals surface area contributed by atoms with Crippen LogP contribution in [0.25, 0.3) is 0 Å². The highest BCUT2D eigenvalue weighted by Crippen LogP contribution is 2.27. The van der Waals surface area contributed by atoms with E-state index in [1.54, 1.807) is 24.6 Å². The van der Waals surface area contributed by atoms with Gasteiger partial charge in [-0.2, -0.15) is 0 Å². The smallest absolute Gasteiger partial charge is 0.271 e. The Balaban J connectivity index is 1.36. The van der Waals surface area contributed by atoms with Crippen molar-refractivity contribution in [2.24, 2.45) is 0 Å². The minimum Gasteiger partial charge on any atom is -0.493 e. The van der Waals surface area contributed by atoms with Crippen LogP contribution in [0.1, 0.15) is 51.5 Å². The zero-order valence-electron chi connectivity index (χ0n) is 19.6. The monoisotopic (exact) mass is 510 g/mol. The summed E-state index contributed by atoms with van der Waals surface area (Å²) < 4.78 is 11.1. The van der Waals surface area contributed by atoms with Crippen molar-refractivity contribution in [2.45, 2.75) is 44.4 Å². The Morgan fingerprint density at radius 2 is 1.75 bits per heavy atom. The molecule has 1 saturated carbocycles. The molecule has 2 amide bonds. The molecule has 0 aliphatic heterocycles. The molecule has 1 aliphatic carbocycles. The number of rotatable bonds is 9. The molecule has 0 spiro atoms. The molecule has 10 nitrogen and oxygen atoms in total. The summed E-state index contributed by atoms with van der Waals surface area (Å²) in [6, 6.07) is 12.3. The fourth-order valence-corrected chi connectivity index (χ4v) is 4.78. The van der Waals surface area contributed by atoms with Crippen LogP contribution < -0.4 is 20.1 Å². The number of carbonyl (C=O) groups is 2. The van der Waals surface area contributed by atoms with Crippen LogP contribution in [0.4, 0.5) is 5.69 Å². The van der Waals surface area contributed by atoms with Gasteiger partial charge < -0.3 is 20.1 Å². The lowest BCUT2D eigenvalue weighted by molar-refractivity contribution is -0.384. The average molecular weight is 511 g/mol. The Morgan fingerprint density at radius 1 is 1.06 bits per heavy atom. The van der Waals surface area contributed by atoms with Crippen molar-refractivity contribution in [1.29, 1.82) is 0 Å². The predicted molar refractivity (Wildman–Crippen MR) is 134 cm³/mol. The van der Waals surface area contributed by atoms with Crippen molar-refractivity contribution >= 4 is 28.8 Å². The lowest BCUT2D eigenvalue weighted by atomic mass is 9.90. The van der Waals surface area contributed by atoms with Gasteiger partial charge in [-0.1, -0.05) is 31.0 Å². The molecular formula is C25H26N4O6S. The van der Waals surface area contributed by atoms with Gasteiger partial charge in [0.05, 0.1) is 12.0 Å². The Kier molecular flexibility index (Phi) is 8.11. The second kappa shape index (κ2) is 11.6. The summed E-state index contributed by atoms with van der Waals surface area (Å²) in [5.74, 6) is 0.471. The van der Waals surface area contributed by atoms with E-state index >= 15 is 0 Å². The number of thiazole rings is 1. The van der Waals surface area contributed by atoms with Crippen LogP contribution in [0.2, 0.25) is 0 Å². The van der Waals surface area contributed by atoms with Gasteiger partial charge in [-0.3, -0.25) is 19.7 Å². The number of non-ortho nitro benzene ring substituents is 1. The maximum atomic E-state index is 12.9. The van der Waals surface area contributed by atoms with Gasteiger partial charge in [-0.15, -0.1) is 11.3 Å². The summed E-state index contributed by atoms with van der Waals surface area (Å²) in [7, 11) is 1.57. The zero-order valence-corrected chi connectivity index (χ0v) is 20.5. The van der Waals surface area contributed by atoms with E-state index in [0.717, 1.165) is 12.8 Å². The molecule has 11 heteroatoms. The molecule has 4 rings (SSSR count). The largest absolute Gasteiger partial charge is 0.493 e. The number of aromatic nitrogens is 1. The molecule has 0 saturated heterocycles. The molecule has 2 atom stereocenters. The van der Waals surface area contributed by atoms with E-state index in [-0.39, 0.29) is 41.5 Å². The van der Waals surface area contributed by atoms with Gasteiger partial charge in [-0.05, 0) is 31.0 Å². The van der Waals surface area contributed by atoms with Crippen LogP contribution in [-0.2, 0) is 6.61 Å². The van der Waals surface area contributed by atoms with Crippen LogP contribution in [0.3, 0.4) is 0 Å². The zero-order chi connectivity index (χ0) is 25.5. The number of carbonyl (C=O) groups excluding carboxylic acids is 2. The van der Waals surface area contributed by atoms with Gasteiger partial charge in [0.1, 0.15) is 17.3 Å². The summed E-state index contributed by atoms with van der Waals surface area (Å²) in [5, 5.41) is 19.3. The molecule has 0 unspecified atom stereocenters. The standard InChI is InChI=1S/C25H26N4O6S/c1-34-21-11-4-5-12-22(21)35-14-23-26-20(15-36-23)25(31)28-19-10-3-2-9-18(19)27-24(30)16-7-6-8-17(13-16)29(32)33/h4-8,11-13,15,18-19H,2-3,9-10,14H2,1H3,(H,27,30)(H,28,31)/t18-,19-/m0/s1. The van der Waals surface area contributed by atoms with Gasteiger partial charge in [0.25, 0.3) is 17.5 Å². The molecular weight excluding hydrogens is 484 g/mol. The molecule has 1 fully saturated rings. The Hall–Kier alpha value is -3.99. The van der Waals surface area contributed by atoms with Crippen LogP contribution in [-0.4, -0.2) is 40.9 Å². The lowest BCUT2D eigenvalue weighted by Gasteiger charge is -2.32. The molecule has 1 heterocycles. The molecule has 1 aliphatic rings. The minimum absolute atomic E-state index is 0.148. The molecule has 2 N–H and O–H groups in total. The van der Waals surface area contributed by atoms with Crippen molar-refractivity contribution in [3.63, 3.8) is 0 Å². The number of nitro benzene ring substituents is 1. The van der Waals surface area contributed by atoms with E-state index in [1.807, 2.05) is 12.1 Å². The highest BCUT2D eigenvalue weighted by Gasteiger charge is 2.29. The number of benzene rings is 2. The number of ether oxygens (including phenoxy) is 2. The average Bonchev–Trinajstić information content (AvgIpc) is 3.38. The van der Waals surface area contributed by atoms with E-state index in [2.05, 4.69) is 15.6 Å². The molecule has 3 aromatic rings. The van der Waals surface area contributed by atoms with E-state index in [4.69, 9.17) is 9.47 Å². The number of nitrogens with one attached hydrogen (secondary N) is 2. The second-order valence-electron chi connectivity index (χ2n) is 8.32. The van der Waals surface area contributed by atoms with Gasteiger partial charge >= 0.3 is 0 Å². The first-order chi connectivity index (χ1) is 17.4. The Labute approximate surface area is 211 Å². The van der Waals surface area contributed by atoms with Crippen molar-refractivity contribution in [3.8, 4) is 11.5 Å². The van der Waals surface area contributed by atoms with Gasteiger partial charge in [0, 0.05) is 35.2 Å². The molecule has 0 radical (unpaired) electrons. The van der Waals surface area contributed by atoms with E-state index in [0.29, 0.717) is 29.3 Å². The molecule has 2 aromatic carbocycles. The molecule has 1 aromatic heterocycles. The number of para-hydroxylation sites is 2. The maximum absolute atomic E-state index is 12.9. The number of amides is 2. The third-order valence-corrected chi connectivity index (χ3v) is 6.75. The Morgan fingerprint density at radius 3 is 2.44 bits per heavy atom. The maximum Gasteiger partial charge on any atom is 0.271 e. The van der Waals surface area contributed by atoms with Crippen LogP contribution in [0.5, 0.6) is 11.5 Å². The normalized spacial score (nSPS) is 17.1. The summed E-state index contributed by atoms with van der Waals surface area (Å²) in [5.41, 5.74) is 0.345. The van der Waals surface area contributed by atoms with Crippen molar-refractivity contribution in [1.82, 2.24) is 15.6 Å². The first-order valence-corrected chi connectivity index (χ1v) is 12.4. The van der Waals surface area contributed by atoms with E-state index < -0.39 is 10.8 Å². The van der Waals surface area contributed by atoms with Crippen molar-refractivity contribution in [2.75, 3.05) is 7.11 Å². The van der Waals surface area contributed by atoms with Crippen LogP contribution in [0.15, 0.2) is 53.9 Å². The number of hydrogen-bond acceptors (Lipinski definition) is 8. The SMILES string of the molecule is COc1ccccc1OCc1nc(C(=O)N[C@H]2CCCC[C@@H]2NC(=O)c2cccc([N+](=O)[O-])c2)cs1. The van der Waals surface area contributed by atoms with Crippen molar-refractivity contribution in [3.05, 3.63) is 80.3 Å². The highest BCUT2D eigenvalue weighted by molar-refractivity contribution is 7.09. The number of nitro groups is 1. The first kappa shape index (κ1) is 25.1. The topological polar surface area (TPSA) is 133 Å². The summed E-state index contributed by atoms with van der Waals surface area (Å²) in [6.45, 7) is 0.198. The fraction of sp³-hybridized carbons (Fsp3) is 0.320. The van der Waals surface area contributed by atoms with Gasteiger partial charge in [0.2, 0.25) is 0 Å². The lowest BCUT2D eigenvalue weighted by Crippen LogP contribution is -2.53.